The molecule has 76 valence electrons. The first-order valence-electron chi connectivity index (χ1n) is 4.28. The van der Waals surface area contributed by atoms with E-state index in [1.165, 1.54) is 6.07 Å². The van der Waals surface area contributed by atoms with E-state index in [1.54, 1.807) is 24.5 Å². The smallest absolute Gasteiger partial charge is 0.275 e. The molecule has 0 aliphatic rings. The summed E-state index contributed by atoms with van der Waals surface area (Å²) in [6.07, 6.45) is 3.28. The molecule has 2 aromatic rings. The van der Waals surface area contributed by atoms with Crippen LogP contribution in [0, 0.1) is 0 Å². The first kappa shape index (κ1) is 9.35. The van der Waals surface area contributed by atoms with Gasteiger partial charge in [-0.1, -0.05) is 0 Å². The van der Waals surface area contributed by atoms with Crippen molar-refractivity contribution in [1.82, 2.24) is 15.0 Å². The Balaban J connectivity index is 2.54. The van der Waals surface area contributed by atoms with Crippen LogP contribution < -0.4 is 16.8 Å². The first-order chi connectivity index (χ1) is 7.29. The maximum Gasteiger partial charge on any atom is 0.275 e. The van der Waals surface area contributed by atoms with Crippen LogP contribution in [0.4, 0.5) is 5.95 Å². The van der Waals surface area contributed by atoms with Crippen molar-refractivity contribution in [2.24, 2.45) is 5.84 Å². The highest BCUT2D eigenvalue weighted by Gasteiger charge is 2.01. The van der Waals surface area contributed by atoms with Gasteiger partial charge in [0, 0.05) is 24.0 Å². The molecule has 2 aromatic heterocycles. The number of H-pyrrole nitrogens is 1. The number of hydrazine groups is 1. The summed E-state index contributed by atoms with van der Waals surface area (Å²) in [5, 5.41) is 0. The molecular weight excluding hydrogens is 194 g/mol. The van der Waals surface area contributed by atoms with Crippen LogP contribution in [0.15, 0.2) is 35.4 Å². The zero-order valence-corrected chi connectivity index (χ0v) is 7.77. The van der Waals surface area contributed by atoms with Gasteiger partial charge >= 0.3 is 0 Å². The van der Waals surface area contributed by atoms with Gasteiger partial charge < -0.3 is 4.98 Å². The molecular formula is C9H9N5O. The molecule has 0 saturated heterocycles. The molecule has 2 rings (SSSR count). The summed E-state index contributed by atoms with van der Waals surface area (Å²) < 4.78 is 0. The van der Waals surface area contributed by atoms with Gasteiger partial charge in [-0.3, -0.25) is 15.2 Å². The van der Waals surface area contributed by atoms with Crippen molar-refractivity contribution in [3.8, 4) is 11.3 Å². The highest BCUT2D eigenvalue weighted by Crippen LogP contribution is 2.13. The minimum absolute atomic E-state index is 0.231. The maximum absolute atomic E-state index is 11.2. The van der Waals surface area contributed by atoms with Crippen molar-refractivity contribution in [2.45, 2.75) is 0 Å². The Morgan fingerprint density at radius 1 is 1.33 bits per heavy atom. The van der Waals surface area contributed by atoms with Crippen LogP contribution in [0.1, 0.15) is 0 Å². The Morgan fingerprint density at radius 3 is 2.73 bits per heavy atom. The van der Waals surface area contributed by atoms with Crippen LogP contribution in [0.25, 0.3) is 11.3 Å². The molecule has 4 N–H and O–H groups in total. The molecule has 15 heavy (non-hydrogen) atoms. The number of hydrogen-bond acceptors (Lipinski definition) is 5. The van der Waals surface area contributed by atoms with Gasteiger partial charge in [-0.15, -0.1) is 0 Å². The number of nitrogen functional groups attached to an aromatic ring is 1. The molecule has 0 aliphatic heterocycles. The van der Waals surface area contributed by atoms with Crippen molar-refractivity contribution >= 4 is 5.95 Å². The van der Waals surface area contributed by atoms with Gasteiger partial charge in [0.2, 0.25) is 5.95 Å². The largest absolute Gasteiger partial charge is 0.324 e. The molecule has 6 heteroatoms. The van der Waals surface area contributed by atoms with Gasteiger partial charge in [-0.25, -0.2) is 5.84 Å². The molecule has 0 aliphatic carbocycles. The molecule has 0 fully saturated rings. The molecule has 6 nitrogen and oxygen atoms in total. The Kier molecular flexibility index (Phi) is 2.42. The molecule has 0 saturated carbocycles. The third kappa shape index (κ3) is 2.00. The average Bonchev–Trinajstić information content (AvgIpc) is 2.29. The number of nitrogens with zero attached hydrogens (tertiary/aromatic N) is 2. The summed E-state index contributed by atoms with van der Waals surface area (Å²) in [5.41, 5.74) is 3.43. The molecule has 0 amide bonds. The lowest BCUT2D eigenvalue weighted by molar-refractivity contribution is 1.09. The third-order valence-electron chi connectivity index (χ3n) is 1.87. The molecule has 0 unspecified atom stereocenters. The topological polar surface area (TPSA) is 96.7 Å². The molecule has 2 heterocycles. The normalized spacial score (nSPS) is 9.93. The Hall–Kier alpha value is -2.21. The van der Waals surface area contributed by atoms with Crippen molar-refractivity contribution in [2.75, 3.05) is 5.43 Å². The van der Waals surface area contributed by atoms with E-state index in [1.807, 2.05) is 0 Å². The molecule has 0 aromatic carbocycles. The molecule has 0 atom stereocenters. The number of nitrogens with one attached hydrogen (secondary N) is 2. The van der Waals surface area contributed by atoms with Crippen molar-refractivity contribution in [3.63, 3.8) is 0 Å². The second kappa shape index (κ2) is 3.89. The fourth-order valence-electron chi connectivity index (χ4n) is 1.21. The predicted octanol–water partition coefficient (Wildman–Crippen LogP) is 0.117. The van der Waals surface area contributed by atoms with E-state index in [9.17, 15) is 4.79 Å². The second-order valence-corrected chi connectivity index (χ2v) is 2.86. The van der Waals surface area contributed by atoms with Gasteiger partial charge in [-0.05, 0) is 12.1 Å². The monoisotopic (exact) mass is 203 g/mol. The van der Waals surface area contributed by atoms with Crippen LogP contribution in [0.2, 0.25) is 0 Å². The first-order valence-corrected chi connectivity index (χ1v) is 4.28. The van der Waals surface area contributed by atoms with Gasteiger partial charge in [0.05, 0.1) is 5.69 Å². The van der Waals surface area contributed by atoms with Gasteiger partial charge in [-0.2, -0.15) is 4.98 Å². The fraction of sp³-hybridized carbons (Fsp3) is 0. The number of anilines is 1. The lowest BCUT2D eigenvalue weighted by Crippen LogP contribution is -2.16. The van der Waals surface area contributed by atoms with Crippen molar-refractivity contribution < 1.29 is 0 Å². The number of pyridine rings is 1. The lowest BCUT2D eigenvalue weighted by atomic mass is 10.2. The van der Waals surface area contributed by atoms with Crippen LogP contribution in [-0.4, -0.2) is 15.0 Å². The van der Waals surface area contributed by atoms with E-state index < -0.39 is 0 Å². The van der Waals surface area contributed by atoms with Crippen LogP contribution in [0.3, 0.4) is 0 Å². The Morgan fingerprint density at radius 2 is 2.07 bits per heavy atom. The van der Waals surface area contributed by atoms with E-state index >= 15 is 0 Å². The Labute approximate surface area is 85.2 Å². The van der Waals surface area contributed by atoms with E-state index in [0.29, 0.717) is 5.69 Å². The molecule has 0 radical (unpaired) electrons. The fourth-order valence-corrected chi connectivity index (χ4v) is 1.21. The van der Waals surface area contributed by atoms with E-state index in [0.717, 1.165) is 5.56 Å². The highest BCUT2D eigenvalue weighted by atomic mass is 16.1. The van der Waals surface area contributed by atoms with E-state index in [4.69, 9.17) is 5.84 Å². The van der Waals surface area contributed by atoms with Gasteiger partial charge in [0.1, 0.15) is 0 Å². The SMILES string of the molecule is NNc1nc(=O)cc(-c2ccncc2)[nH]1. The summed E-state index contributed by atoms with van der Waals surface area (Å²) in [6.45, 7) is 0. The highest BCUT2D eigenvalue weighted by molar-refractivity contribution is 5.58. The average molecular weight is 203 g/mol. The Bertz CT molecular complexity index is 507. The van der Waals surface area contributed by atoms with Crippen molar-refractivity contribution in [1.29, 1.82) is 0 Å². The summed E-state index contributed by atoms with van der Waals surface area (Å²) in [5.74, 6) is 5.40. The minimum atomic E-state index is -0.353. The summed E-state index contributed by atoms with van der Waals surface area (Å²) in [7, 11) is 0. The number of nitrogens with two attached hydrogens (primary N) is 1. The predicted molar refractivity (Wildman–Crippen MR) is 55.9 cm³/mol. The molecule has 0 spiro atoms. The minimum Gasteiger partial charge on any atom is -0.324 e. The lowest BCUT2D eigenvalue weighted by Gasteiger charge is -2.03. The number of aromatic amines is 1. The third-order valence-corrected chi connectivity index (χ3v) is 1.87. The standard InChI is InChI=1S/C9H9N5O/c10-14-9-12-7(5-8(15)13-9)6-1-3-11-4-2-6/h1-5H,10H2,(H2,12,13,14,15). The van der Waals surface area contributed by atoms with Gasteiger partial charge in [0.25, 0.3) is 5.56 Å². The second-order valence-electron chi connectivity index (χ2n) is 2.86. The van der Waals surface area contributed by atoms with Gasteiger partial charge in [0.15, 0.2) is 0 Å². The van der Waals surface area contributed by atoms with E-state index in [2.05, 4.69) is 20.4 Å². The number of hydrogen-bond donors (Lipinski definition) is 3. The summed E-state index contributed by atoms with van der Waals surface area (Å²) >= 11 is 0. The molecule has 0 bridgehead atoms. The quantitative estimate of drug-likeness (QED) is 0.475. The zero-order chi connectivity index (χ0) is 10.7. The van der Waals surface area contributed by atoms with E-state index in [-0.39, 0.29) is 11.5 Å². The van der Waals surface area contributed by atoms with Crippen molar-refractivity contribution in [3.05, 3.63) is 40.9 Å². The number of rotatable bonds is 2. The van der Waals surface area contributed by atoms with Crippen LogP contribution in [-0.2, 0) is 0 Å². The zero-order valence-electron chi connectivity index (χ0n) is 7.77. The summed E-state index contributed by atoms with van der Waals surface area (Å²) in [4.78, 5) is 21.6. The summed E-state index contributed by atoms with van der Waals surface area (Å²) in [6, 6.07) is 4.97. The maximum atomic E-state index is 11.2. The van der Waals surface area contributed by atoms with Crippen LogP contribution >= 0.6 is 0 Å². The van der Waals surface area contributed by atoms with Crippen LogP contribution in [0.5, 0.6) is 0 Å². The number of aromatic nitrogens is 3.